The van der Waals surface area contributed by atoms with Crippen LogP contribution in [0.15, 0.2) is 30.5 Å². The van der Waals surface area contributed by atoms with Gasteiger partial charge in [0.25, 0.3) is 0 Å². The van der Waals surface area contributed by atoms with Crippen LogP contribution in [0.25, 0.3) is 10.9 Å². The summed E-state index contributed by atoms with van der Waals surface area (Å²) in [6.07, 6.45) is 6.09. The lowest BCUT2D eigenvalue weighted by atomic mass is 9.92. The van der Waals surface area contributed by atoms with Crippen LogP contribution in [0.1, 0.15) is 32.3 Å². The van der Waals surface area contributed by atoms with Crippen molar-refractivity contribution in [3.8, 4) is 0 Å². The van der Waals surface area contributed by atoms with Crippen LogP contribution < -0.4 is 0 Å². The summed E-state index contributed by atoms with van der Waals surface area (Å²) in [4.78, 5) is 6.04. The summed E-state index contributed by atoms with van der Waals surface area (Å²) in [5.41, 5.74) is 2.72. The van der Waals surface area contributed by atoms with Crippen molar-refractivity contribution in [2.45, 2.75) is 39.2 Å². The maximum Gasteiger partial charge on any atom is 0.0456 e. The lowest BCUT2D eigenvalue weighted by molar-refractivity contribution is 0.115. The molecule has 1 saturated heterocycles. The first-order valence-electron chi connectivity index (χ1n) is 7.55. The monoisotopic (exact) mass is 256 g/mol. The molecule has 0 radical (unpaired) electrons. The van der Waals surface area contributed by atoms with Crippen molar-refractivity contribution >= 4 is 10.9 Å². The van der Waals surface area contributed by atoms with Crippen molar-refractivity contribution in [1.29, 1.82) is 0 Å². The van der Waals surface area contributed by atoms with E-state index < -0.39 is 0 Å². The Balaban J connectivity index is 1.69. The summed E-state index contributed by atoms with van der Waals surface area (Å²) in [7, 11) is 0. The standard InChI is InChI=1S/C17H24N2/c1-13-6-5-10-19(14(13)2)11-9-15-12-18-17-8-4-3-7-16(15)17/h3-4,7-8,12-14,18H,5-6,9-11H2,1-2H3. The normalized spacial score (nSPS) is 24.9. The lowest BCUT2D eigenvalue weighted by Gasteiger charge is -2.37. The van der Waals surface area contributed by atoms with Gasteiger partial charge in [0.15, 0.2) is 0 Å². The predicted molar refractivity (Wildman–Crippen MR) is 81.4 cm³/mol. The fraction of sp³-hybridized carbons (Fsp3) is 0.529. The number of nitrogens with zero attached hydrogens (tertiary/aromatic N) is 1. The van der Waals surface area contributed by atoms with E-state index in [1.165, 1.54) is 42.4 Å². The Morgan fingerprint density at radius 2 is 2.11 bits per heavy atom. The first-order chi connectivity index (χ1) is 9.25. The average molecular weight is 256 g/mol. The molecule has 2 heteroatoms. The molecule has 2 unspecified atom stereocenters. The molecule has 0 spiro atoms. The minimum atomic E-state index is 0.735. The zero-order valence-corrected chi connectivity index (χ0v) is 12.0. The number of aromatic nitrogens is 1. The lowest BCUT2D eigenvalue weighted by Crippen LogP contribution is -2.43. The Bertz CT molecular complexity index is 543. The number of rotatable bonds is 3. The highest BCUT2D eigenvalue weighted by Gasteiger charge is 2.24. The smallest absolute Gasteiger partial charge is 0.0456 e. The molecule has 19 heavy (non-hydrogen) atoms. The molecule has 2 aromatic rings. The third-order valence-electron chi connectivity index (χ3n) is 4.85. The Kier molecular flexibility index (Phi) is 3.61. The molecule has 0 saturated carbocycles. The molecule has 0 amide bonds. The highest BCUT2D eigenvalue weighted by molar-refractivity contribution is 5.83. The van der Waals surface area contributed by atoms with E-state index in [1.54, 1.807) is 0 Å². The summed E-state index contributed by atoms with van der Waals surface area (Å²) in [6, 6.07) is 9.34. The van der Waals surface area contributed by atoms with E-state index in [1.807, 2.05) is 0 Å². The van der Waals surface area contributed by atoms with Crippen LogP contribution in [0.2, 0.25) is 0 Å². The number of benzene rings is 1. The molecule has 1 fully saturated rings. The number of piperidine rings is 1. The van der Waals surface area contributed by atoms with Gasteiger partial charge in [-0.25, -0.2) is 0 Å². The number of hydrogen-bond acceptors (Lipinski definition) is 1. The van der Waals surface area contributed by atoms with E-state index in [0.717, 1.165) is 18.4 Å². The van der Waals surface area contributed by atoms with Gasteiger partial charge in [-0.1, -0.05) is 25.1 Å². The van der Waals surface area contributed by atoms with E-state index in [0.29, 0.717) is 0 Å². The van der Waals surface area contributed by atoms with E-state index in [2.05, 4.69) is 54.2 Å². The van der Waals surface area contributed by atoms with Gasteiger partial charge in [0, 0.05) is 29.7 Å². The minimum Gasteiger partial charge on any atom is -0.361 e. The van der Waals surface area contributed by atoms with Gasteiger partial charge >= 0.3 is 0 Å². The van der Waals surface area contributed by atoms with E-state index >= 15 is 0 Å². The number of para-hydroxylation sites is 1. The molecule has 2 heterocycles. The average Bonchev–Trinajstić information content (AvgIpc) is 2.84. The fourth-order valence-electron chi connectivity index (χ4n) is 3.34. The van der Waals surface area contributed by atoms with Gasteiger partial charge in [0.2, 0.25) is 0 Å². The number of fused-ring (bicyclic) bond motifs is 1. The van der Waals surface area contributed by atoms with Gasteiger partial charge in [-0.2, -0.15) is 0 Å². The molecule has 0 aliphatic carbocycles. The summed E-state index contributed by atoms with van der Waals surface area (Å²) in [5.74, 6) is 0.844. The van der Waals surface area contributed by atoms with Crippen LogP contribution in [0.3, 0.4) is 0 Å². The highest BCUT2D eigenvalue weighted by atomic mass is 15.2. The van der Waals surface area contributed by atoms with Crippen LogP contribution in [-0.2, 0) is 6.42 Å². The second kappa shape index (κ2) is 5.38. The Labute approximate surface area is 115 Å². The van der Waals surface area contributed by atoms with E-state index in [-0.39, 0.29) is 0 Å². The second-order valence-electron chi connectivity index (χ2n) is 6.01. The largest absolute Gasteiger partial charge is 0.361 e. The van der Waals surface area contributed by atoms with Gasteiger partial charge in [-0.3, -0.25) is 0 Å². The maximum atomic E-state index is 3.38. The SMILES string of the molecule is CC1CCCN(CCc2c[nH]c3ccccc23)C1C. The Hall–Kier alpha value is -1.28. The molecule has 102 valence electrons. The van der Waals surface area contributed by atoms with Crippen LogP contribution in [-0.4, -0.2) is 29.0 Å². The van der Waals surface area contributed by atoms with Crippen molar-refractivity contribution in [2.24, 2.45) is 5.92 Å². The van der Waals surface area contributed by atoms with Crippen LogP contribution in [0.4, 0.5) is 0 Å². The Morgan fingerprint density at radius 3 is 3.00 bits per heavy atom. The van der Waals surface area contributed by atoms with Crippen molar-refractivity contribution in [1.82, 2.24) is 9.88 Å². The van der Waals surface area contributed by atoms with Crippen LogP contribution >= 0.6 is 0 Å². The second-order valence-corrected chi connectivity index (χ2v) is 6.01. The van der Waals surface area contributed by atoms with Gasteiger partial charge < -0.3 is 9.88 Å². The molecule has 1 N–H and O–H groups in total. The van der Waals surface area contributed by atoms with Gasteiger partial charge in [0.05, 0.1) is 0 Å². The molecule has 1 aromatic heterocycles. The predicted octanol–water partition coefficient (Wildman–Crippen LogP) is 3.83. The van der Waals surface area contributed by atoms with Crippen molar-refractivity contribution < 1.29 is 0 Å². The zero-order valence-electron chi connectivity index (χ0n) is 12.0. The third kappa shape index (κ3) is 2.55. The van der Waals surface area contributed by atoms with E-state index in [4.69, 9.17) is 0 Å². The summed E-state index contributed by atoms with van der Waals surface area (Å²) < 4.78 is 0. The number of H-pyrrole nitrogens is 1. The quantitative estimate of drug-likeness (QED) is 0.884. The van der Waals surface area contributed by atoms with Gasteiger partial charge in [-0.15, -0.1) is 0 Å². The molecule has 1 aromatic carbocycles. The van der Waals surface area contributed by atoms with Crippen molar-refractivity contribution in [2.75, 3.05) is 13.1 Å². The maximum absolute atomic E-state index is 3.38. The minimum absolute atomic E-state index is 0.735. The zero-order chi connectivity index (χ0) is 13.2. The van der Waals surface area contributed by atoms with Gasteiger partial charge in [0.1, 0.15) is 0 Å². The topological polar surface area (TPSA) is 19.0 Å². The number of nitrogens with one attached hydrogen (secondary N) is 1. The summed E-state index contributed by atoms with van der Waals surface area (Å²) in [5, 5.41) is 1.39. The fourth-order valence-corrected chi connectivity index (χ4v) is 3.34. The molecule has 0 bridgehead atoms. The summed E-state index contributed by atoms with van der Waals surface area (Å²) in [6.45, 7) is 7.24. The van der Waals surface area contributed by atoms with Crippen LogP contribution in [0.5, 0.6) is 0 Å². The highest BCUT2D eigenvalue weighted by Crippen LogP contribution is 2.24. The Morgan fingerprint density at radius 1 is 1.26 bits per heavy atom. The number of aromatic amines is 1. The molecular weight excluding hydrogens is 232 g/mol. The third-order valence-corrected chi connectivity index (χ3v) is 4.85. The van der Waals surface area contributed by atoms with Crippen LogP contribution in [0, 0.1) is 5.92 Å². The molecule has 2 atom stereocenters. The molecular formula is C17H24N2. The molecule has 1 aliphatic heterocycles. The first kappa shape index (κ1) is 12.7. The van der Waals surface area contributed by atoms with E-state index in [9.17, 15) is 0 Å². The molecule has 2 nitrogen and oxygen atoms in total. The summed E-state index contributed by atoms with van der Waals surface area (Å²) >= 11 is 0. The molecule has 3 rings (SSSR count). The number of hydrogen-bond donors (Lipinski definition) is 1. The van der Waals surface area contributed by atoms with Crippen molar-refractivity contribution in [3.63, 3.8) is 0 Å². The molecule has 1 aliphatic rings. The number of likely N-dealkylation sites (tertiary alicyclic amines) is 1. The van der Waals surface area contributed by atoms with Gasteiger partial charge in [-0.05, 0) is 50.3 Å². The first-order valence-corrected chi connectivity index (χ1v) is 7.55. The van der Waals surface area contributed by atoms with Crippen molar-refractivity contribution in [3.05, 3.63) is 36.0 Å².